The van der Waals surface area contributed by atoms with E-state index in [2.05, 4.69) is 38.4 Å². The Morgan fingerprint density at radius 3 is 2.82 bits per heavy atom. The summed E-state index contributed by atoms with van der Waals surface area (Å²) >= 11 is 6.23. The van der Waals surface area contributed by atoms with E-state index in [-0.39, 0.29) is 23.3 Å². The minimum absolute atomic E-state index is 0.0220. The second-order valence-corrected chi connectivity index (χ2v) is 10.8. The Bertz CT molecular complexity index is 1380. The number of rotatable bonds is 6. The minimum atomic E-state index is -0.364. The molecule has 0 saturated carbocycles. The summed E-state index contributed by atoms with van der Waals surface area (Å²) in [6, 6.07) is 3.50. The monoisotopic (exact) mass is 549 g/mol. The molecule has 204 valence electrons. The van der Waals surface area contributed by atoms with Gasteiger partial charge in [-0.15, -0.1) is 0 Å². The Balaban J connectivity index is 1.15. The Morgan fingerprint density at radius 2 is 2.08 bits per heavy atom. The van der Waals surface area contributed by atoms with Crippen molar-refractivity contribution in [3.63, 3.8) is 0 Å². The van der Waals surface area contributed by atoms with E-state index < -0.39 is 0 Å². The number of carbonyl (C=O) groups is 1. The number of pyridine rings is 1. The van der Waals surface area contributed by atoms with Gasteiger partial charge in [0.15, 0.2) is 0 Å². The molecule has 12 heteroatoms. The average molecular weight is 550 g/mol. The van der Waals surface area contributed by atoms with Crippen molar-refractivity contribution in [2.45, 2.75) is 45.3 Å². The number of aryl methyl sites for hydroxylation is 1. The summed E-state index contributed by atoms with van der Waals surface area (Å²) in [6.45, 7) is 8.67. The van der Waals surface area contributed by atoms with E-state index in [1.54, 1.807) is 12.1 Å². The first-order chi connectivity index (χ1) is 18.8. The smallest absolute Gasteiger partial charge is 0.271 e. The highest BCUT2D eigenvalue weighted by atomic mass is 35.5. The lowest BCUT2D eigenvalue weighted by atomic mass is 9.89. The van der Waals surface area contributed by atoms with Crippen LogP contribution in [0.2, 0.25) is 5.02 Å². The van der Waals surface area contributed by atoms with Crippen LogP contribution in [0.5, 0.6) is 0 Å². The van der Waals surface area contributed by atoms with Crippen molar-refractivity contribution in [1.29, 1.82) is 0 Å². The van der Waals surface area contributed by atoms with Gasteiger partial charge >= 0.3 is 0 Å². The van der Waals surface area contributed by atoms with Crippen molar-refractivity contribution in [2.75, 3.05) is 31.1 Å². The van der Waals surface area contributed by atoms with Gasteiger partial charge in [-0.25, -0.2) is 20.8 Å². The van der Waals surface area contributed by atoms with Gasteiger partial charge in [-0.1, -0.05) is 11.6 Å². The number of aromatic nitrogens is 3. The van der Waals surface area contributed by atoms with Crippen molar-refractivity contribution in [3.8, 4) is 0 Å². The van der Waals surface area contributed by atoms with Gasteiger partial charge in [0.2, 0.25) is 0 Å². The molecule has 2 fully saturated rings. The second kappa shape index (κ2) is 10.2. The number of fused-ring (bicyclic) bond motifs is 2. The molecule has 4 N–H and O–H groups in total. The molecule has 1 amide bonds. The highest BCUT2D eigenvalue weighted by Gasteiger charge is 2.38. The number of hydrazine groups is 2. The highest BCUT2D eigenvalue weighted by molar-refractivity contribution is 6.33. The quantitative estimate of drug-likeness (QED) is 0.427. The largest absolute Gasteiger partial charge is 0.492 e. The molecule has 11 nitrogen and oxygen atoms in total. The first-order valence-corrected chi connectivity index (χ1v) is 13.6. The summed E-state index contributed by atoms with van der Waals surface area (Å²) in [5.41, 5.74) is 14.6. The number of allylic oxidation sites excluding steroid dienone is 2. The van der Waals surface area contributed by atoms with E-state index in [1.165, 1.54) is 5.57 Å². The van der Waals surface area contributed by atoms with Crippen LogP contribution >= 0.6 is 11.6 Å². The van der Waals surface area contributed by atoms with Crippen LogP contribution in [0.15, 0.2) is 53.8 Å². The van der Waals surface area contributed by atoms with E-state index in [4.69, 9.17) is 26.3 Å². The lowest BCUT2D eigenvalue weighted by Crippen LogP contribution is -2.53. The molecular weight excluding hydrogens is 518 g/mol. The number of piperidine rings is 1. The van der Waals surface area contributed by atoms with Gasteiger partial charge in [0.1, 0.15) is 23.4 Å². The molecule has 0 bridgehead atoms. The number of ether oxygens (including phenoxy) is 1. The normalized spacial score (nSPS) is 21.8. The molecule has 2 aromatic heterocycles. The van der Waals surface area contributed by atoms with Crippen LogP contribution in [0, 0.1) is 6.92 Å². The maximum Gasteiger partial charge on any atom is 0.271 e. The zero-order valence-electron chi connectivity index (χ0n) is 22.2. The molecule has 4 aliphatic heterocycles. The van der Waals surface area contributed by atoms with Gasteiger partial charge in [-0.2, -0.15) is 0 Å². The van der Waals surface area contributed by atoms with Crippen LogP contribution in [0.3, 0.4) is 0 Å². The van der Waals surface area contributed by atoms with Gasteiger partial charge in [0.05, 0.1) is 41.6 Å². The molecule has 2 aromatic rings. The van der Waals surface area contributed by atoms with Crippen molar-refractivity contribution in [2.24, 2.45) is 0 Å². The molecule has 4 aliphatic rings. The molecule has 0 aromatic carbocycles. The summed E-state index contributed by atoms with van der Waals surface area (Å²) < 4.78 is 5.82. The maximum atomic E-state index is 12.9. The zero-order chi connectivity index (χ0) is 27.1. The molecule has 0 aliphatic carbocycles. The molecule has 6 heterocycles. The van der Waals surface area contributed by atoms with Crippen molar-refractivity contribution >= 4 is 28.9 Å². The van der Waals surface area contributed by atoms with E-state index in [1.807, 2.05) is 43.5 Å². The summed E-state index contributed by atoms with van der Waals surface area (Å²) in [5.74, 6) is 1.34. The fourth-order valence-corrected chi connectivity index (χ4v) is 5.55. The predicted octanol–water partition coefficient (Wildman–Crippen LogP) is 2.41. The fraction of sp³-hybridized carbons (Fsp3) is 0.407. The molecule has 0 radical (unpaired) electrons. The zero-order valence-corrected chi connectivity index (χ0v) is 23.0. The summed E-state index contributed by atoms with van der Waals surface area (Å²) in [5, 5.41) is 5.52. The first kappa shape index (κ1) is 25.8. The van der Waals surface area contributed by atoms with Gasteiger partial charge in [0.25, 0.3) is 5.91 Å². The van der Waals surface area contributed by atoms with E-state index in [0.29, 0.717) is 11.6 Å². The lowest BCUT2D eigenvalue weighted by molar-refractivity contribution is 0.0886. The van der Waals surface area contributed by atoms with Crippen molar-refractivity contribution < 1.29 is 9.53 Å². The van der Waals surface area contributed by atoms with Crippen LogP contribution in [-0.2, 0) is 4.74 Å². The molecule has 39 heavy (non-hydrogen) atoms. The lowest BCUT2D eigenvalue weighted by Gasteiger charge is -2.40. The Hall–Kier alpha value is -3.51. The van der Waals surface area contributed by atoms with Crippen LogP contribution < -0.4 is 26.5 Å². The average Bonchev–Trinajstić information content (AvgIpc) is 3.51. The second-order valence-electron chi connectivity index (χ2n) is 10.4. The number of halogens is 1. The number of nitrogens with zero attached hydrogens (tertiary/aromatic N) is 5. The number of hydrogen-bond acceptors (Lipinski definition) is 10. The van der Waals surface area contributed by atoms with Gasteiger partial charge in [-0.3, -0.25) is 20.2 Å². The SMILES string of the molecule is CCOC1=CN2NC3NNCC3=C2C(c2cnc(N3CCC(C)(NC(=O)c4nc(C)ccc4Cl)CC3)cn2)=C1. The van der Waals surface area contributed by atoms with Crippen LogP contribution in [0.25, 0.3) is 5.57 Å². The van der Waals surface area contributed by atoms with Gasteiger partial charge < -0.3 is 15.0 Å². The third-order valence-electron chi connectivity index (χ3n) is 7.52. The molecule has 1 unspecified atom stereocenters. The summed E-state index contributed by atoms with van der Waals surface area (Å²) in [6.07, 6.45) is 9.19. The number of anilines is 1. The first-order valence-electron chi connectivity index (χ1n) is 13.2. The Kier molecular flexibility index (Phi) is 6.76. The molecular formula is C27H32ClN9O2. The van der Waals surface area contributed by atoms with Crippen molar-refractivity contribution in [3.05, 3.63) is 75.9 Å². The molecule has 6 rings (SSSR count). The summed E-state index contributed by atoms with van der Waals surface area (Å²) in [4.78, 5) is 29.0. The number of hydrogen-bond donors (Lipinski definition) is 4. The standard InChI is InChI=1S/C27H32ClN9O2/c1-4-39-17-11-18(24-19-12-31-34-25(19)35-37(24)15-17)21-13-30-22(14-29-21)36-9-7-27(3,8-10-36)33-26(38)23-20(28)6-5-16(2)32-23/h5-6,11,13-15,25,31,34-35H,4,7-10,12H2,1-3H3,(H,33,38). The third kappa shape index (κ3) is 4.98. The predicted molar refractivity (Wildman–Crippen MR) is 148 cm³/mol. The molecule has 2 saturated heterocycles. The fourth-order valence-electron chi connectivity index (χ4n) is 5.36. The number of nitrogens with one attached hydrogen (secondary N) is 4. The minimum Gasteiger partial charge on any atom is -0.492 e. The van der Waals surface area contributed by atoms with Crippen LogP contribution in [-0.4, -0.2) is 63.8 Å². The molecule has 1 atom stereocenters. The van der Waals surface area contributed by atoms with Gasteiger partial charge in [0, 0.05) is 42.0 Å². The van der Waals surface area contributed by atoms with Crippen LogP contribution in [0.4, 0.5) is 5.82 Å². The Morgan fingerprint density at radius 1 is 1.26 bits per heavy atom. The Labute approximate surface area is 232 Å². The van der Waals surface area contributed by atoms with Crippen molar-refractivity contribution in [1.82, 2.24) is 41.6 Å². The van der Waals surface area contributed by atoms with E-state index in [0.717, 1.165) is 66.7 Å². The topological polar surface area (TPSA) is 120 Å². The van der Waals surface area contributed by atoms with Gasteiger partial charge in [-0.05, 0) is 51.8 Å². The summed E-state index contributed by atoms with van der Waals surface area (Å²) in [7, 11) is 0. The number of carbonyl (C=O) groups excluding carboxylic acids is 1. The van der Waals surface area contributed by atoms with E-state index >= 15 is 0 Å². The highest BCUT2D eigenvalue weighted by Crippen LogP contribution is 2.37. The third-order valence-corrected chi connectivity index (χ3v) is 7.82. The van der Waals surface area contributed by atoms with E-state index in [9.17, 15) is 4.79 Å². The maximum absolute atomic E-state index is 12.9. The van der Waals surface area contributed by atoms with Crippen LogP contribution in [0.1, 0.15) is 48.6 Å². The number of amides is 1. The molecule has 0 spiro atoms.